The Hall–Kier alpha value is -3.44. The van der Waals surface area contributed by atoms with Crippen molar-refractivity contribution in [2.24, 2.45) is 0 Å². The highest BCUT2D eigenvalue weighted by atomic mass is 16.3. The summed E-state index contributed by atoms with van der Waals surface area (Å²) < 4.78 is 0. The summed E-state index contributed by atoms with van der Waals surface area (Å²) >= 11 is 0. The molecule has 1 heterocycles. The van der Waals surface area contributed by atoms with Gasteiger partial charge in [-0.2, -0.15) is 0 Å². The van der Waals surface area contributed by atoms with Crippen LogP contribution in [0.1, 0.15) is 18.1 Å². The zero-order chi connectivity index (χ0) is 20.4. The normalized spacial score (nSPS) is 17.9. The Balaban J connectivity index is 1.70. The molecule has 0 aliphatic carbocycles. The largest absolute Gasteiger partial charge is 0.372 e. The molecule has 3 aromatic rings. The van der Waals surface area contributed by atoms with Gasteiger partial charge in [0.05, 0.1) is 5.69 Å². The summed E-state index contributed by atoms with van der Waals surface area (Å²) in [7, 11) is 0. The fraction of sp³-hybridized carbons (Fsp3) is 0.167. The first-order chi connectivity index (χ1) is 14.1. The van der Waals surface area contributed by atoms with Crippen molar-refractivity contribution in [2.75, 3.05) is 22.9 Å². The van der Waals surface area contributed by atoms with Crippen LogP contribution >= 0.6 is 0 Å². The van der Waals surface area contributed by atoms with E-state index in [9.17, 15) is 14.7 Å². The van der Waals surface area contributed by atoms with Crippen molar-refractivity contribution in [3.05, 3.63) is 96.1 Å². The minimum atomic E-state index is -1.80. The van der Waals surface area contributed by atoms with Crippen LogP contribution in [0.5, 0.6) is 0 Å². The van der Waals surface area contributed by atoms with Gasteiger partial charge in [0.2, 0.25) is 5.91 Å². The van der Waals surface area contributed by atoms with E-state index in [2.05, 4.69) is 0 Å². The van der Waals surface area contributed by atoms with Crippen molar-refractivity contribution in [1.82, 2.24) is 0 Å². The van der Waals surface area contributed by atoms with Gasteiger partial charge in [0.25, 0.3) is 5.91 Å². The number of para-hydroxylation sites is 2. The second-order valence-electron chi connectivity index (χ2n) is 6.96. The Morgan fingerprint density at radius 3 is 2.17 bits per heavy atom. The van der Waals surface area contributed by atoms with Crippen LogP contribution in [0.25, 0.3) is 0 Å². The molecule has 1 unspecified atom stereocenters. The van der Waals surface area contributed by atoms with E-state index in [-0.39, 0.29) is 12.5 Å². The maximum atomic E-state index is 13.4. The molecule has 0 fully saturated rings. The molecule has 0 saturated heterocycles. The van der Waals surface area contributed by atoms with Crippen molar-refractivity contribution in [3.8, 4) is 0 Å². The van der Waals surface area contributed by atoms with Gasteiger partial charge in [0.15, 0.2) is 5.60 Å². The topological polar surface area (TPSA) is 60.9 Å². The number of benzene rings is 3. The van der Waals surface area contributed by atoms with Crippen molar-refractivity contribution < 1.29 is 14.7 Å². The number of likely N-dealkylation sites (N-methyl/N-ethyl adjacent to an activating group) is 1. The first kappa shape index (κ1) is 18.9. The van der Waals surface area contributed by atoms with E-state index in [0.717, 1.165) is 5.69 Å². The van der Waals surface area contributed by atoms with Crippen LogP contribution in [0.15, 0.2) is 84.9 Å². The van der Waals surface area contributed by atoms with Gasteiger partial charge in [-0.15, -0.1) is 0 Å². The number of hydrogen-bond donors (Lipinski definition) is 1. The SMILES string of the molecule is CCN(C(=O)CN1C(=O)C(O)(c2ccccc2)c2ccccc21)c1ccccc1. The number of hydrogen-bond acceptors (Lipinski definition) is 3. The summed E-state index contributed by atoms with van der Waals surface area (Å²) in [4.78, 5) is 29.5. The number of amides is 2. The van der Waals surface area contributed by atoms with Crippen LogP contribution < -0.4 is 9.80 Å². The monoisotopic (exact) mass is 386 g/mol. The van der Waals surface area contributed by atoms with Gasteiger partial charge in [-0.05, 0) is 30.7 Å². The highest BCUT2D eigenvalue weighted by molar-refractivity contribution is 6.13. The minimum absolute atomic E-state index is 0.145. The van der Waals surface area contributed by atoms with Gasteiger partial charge in [-0.1, -0.05) is 66.7 Å². The Labute approximate surface area is 169 Å². The van der Waals surface area contributed by atoms with E-state index >= 15 is 0 Å². The lowest BCUT2D eigenvalue weighted by molar-refractivity contribution is -0.133. The third-order valence-corrected chi connectivity index (χ3v) is 5.31. The molecule has 5 nitrogen and oxygen atoms in total. The molecule has 1 aliphatic rings. The van der Waals surface area contributed by atoms with Crippen molar-refractivity contribution in [2.45, 2.75) is 12.5 Å². The minimum Gasteiger partial charge on any atom is -0.372 e. The molecule has 0 saturated carbocycles. The van der Waals surface area contributed by atoms with E-state index in [0.29, 0.717) is 23.4 Å². The quantitative estimate of drug-likeness (QED) is 0.732. The van der Waals surface area contributed by atoms with Crippen molar-refractivity contribution in [3.63, 3.8) is 0 Å². The number of carbonyl (C=O) groups excluding carboxylic acids is 2. The standard InChI is InChI=1S/C24H22N2O3/c1-2-25(19-13-7-4-8-14-19)22(27)17-26-21-16-10-9-15-20(21)24(29,23(26)28)18-11-5-3-6-12-18/h3-16,29H,2,17H2,1H3. The number of aliphatic hydroxyl groups is 1. The third kappa shape index (κ3) is 3.09. The molecule has 3 aromatic carbocycles. The molecule has 1 atom stereocenters. The summed E-state index contributed by atoms with van der Waals surface area (Å²) in [5.74, 6) is -0.721. The van der Waals surface area contributed by atoms with Crippen LogP contribution in [-0.4, -0.2) is 30.0 Å². The molecular weight excluding hydrogens is 364 g/mol. The lowest BCUT2D eigenvalue weighted by atomic mass is 9.88. The molecule has 2 amide bonds. The number of carbonyl (C=O) groups is 2. The van der Waals surface area contributed by atoms with Crippen LogP contribution in [-0.2, 0) is 15.2 Å². The zero-order valence-corrected chi connectivity index (χ0v) is 16.2. The lowest BCUT2D eigenvalue weighted by Crippen LogP contribution is -2.46. The Kier molecular flexibility index (Phi) is 4.91. The summed E-state index contributed by atoms with van der Waals surface area (Å²) in [6.45, 7) is 2.23. The van der Waals surface area contributed by atoms with Gasteiger partial charge in [-0.3, -0.25) is 14.5 Å². The highest BCUT2D eigenvalue weighted by Gasteiger charge is 2.51. The summed E-state index contributed by atoms with van der Waals surface area (Å²) in [5, 5.41) is 11.5. The van der Waals surface area contributed by atoms with Crippen LogP contribution in [0.4, 0.5) is 11.4 Å². The number of fused-ring (bicyclic) bond motifs is 1. The van der Waals surface area contributed by atoms with Gasteiger partial charge in [0.1, 0.15) is 6.54 Å². The maximum Gasteiger partial charge on any atom is 0.268 e. The number of rotatable bonds is 5. The fourth-order valence-corrected chi connectivity index (χ4v) is 3.88. The molecule has 1 aliphatic heterocycles. The van der Waals surface area contributed by atoms with Crippen molar-refractivity contribution >= 4 is 23.2 Å². The van der Waals surface area contributed by atoms with E-state index in [1.54, 1.807) is 53.4 Å². The van der Waals surface area contributed by atoms with E-state index in [4.69, 9.17) is 0 Å². The van der Waals surface area contributed by atoms with Gasteiger partial charge in [-0.25, -0.2) is 0 Å². The molecule has 0 aromatic heterocycles. The smallest absolute Gasteiger partial charge is 0.268 e. The molecule has 1 N–H and O–H groups in total. The van der Waals surface area contributed by atoms with Crippen molar-refractivity contribution in [1.29, 1.82) is 0 Å². The molecule has 0 radical (unpaired) electrons. The zero-order valence-electron chi connectivity index (χ0n) is 16.2. The van der Waals surface area contributed by atoms with Gasteiger partial charge < -0.3 is 10.0 Å². The fourth-order valence-electron chi connectivity index (χ4n) is 3.88. The lowest BCUT2D eigenvalue weighted by Gasteiger charge is -2.26. The molecule has 0 spiro atoms. The molecular formula is C24H22N2O3. The van der Waals surface area contributed by atoms with Gasteiger partial charge >= 0.3 is 0 Å². The molecule has 29 heavy (non-hydrogen) atoms. The van der Waals surface area contributed by atoms with Crippen LogP contribution in [0.3, 0.4) is 0 Å². The number of nitrogens with zero attached hydrogens (tertiary/aromatic N) is 2. The summed E-state index contributed by atoms with van der Waals surface area (Å²) in [6, 6.07) is 25.3. The second kappa shape index (κ2) is 7.53. The average Bonchev–Trinajstić information content (AvgIpc) is 2.99. The highest BCUT2D eigenvalue weighted by Crippen LogP contribution is 2.44. The molecule has 0 bridgehead atoms. The second-order valence-corrected chi connectivity index (χ2v) is 6.96. The molecule has 146 valence electrons. The summed E-state index contributed by atoms with van der Waals surface area (Å²) in [5.41, 5.74) is 0.510. The average molecular weight is 386 g/mol. The van der Waals surface area contributed by atoms with Gasteiger partial charge in [0, 0.05) is 17.8 Å². The molecule has 4 rings (SSSR count). The molecule has 5 heteroatoms. The predicted molar refractivity (Wildman–Crippen MR) is 113 cm³/mol. The Bertz CT molecular complexity index is 1040. The predicted octanol–water partition coefficient (Wildman–Crippen LogP) is 3.32. The first-order valence-electron chi connectivity index (χ1n) is 9.62. The van der Waals surface area contributed by atoms with E-state index in [1.807, 2.05) is 43.3 Å². The van der Waals surface area contributed by atoms with Crippen LogP contribution in [0, 0.1) is 0 Å². The maximum absolute atomic E-state index is 13.4. The third-order valence-electron chi connectivity index (χ3n) is 5.31. The Morgan fingerprint density at radius 2 is 1.52 bits per heavy atom. The van der Waals surface area contributed by atoms with E-state index < -0.39 is 11.5 Å². The van der Waals surface area contributed by atoms with E-state index in [1.165, 1.54) is 4.90 Å². The number of anilines is 2. The van der Waals surface area contributed by atoms with Crippen LogP contribution in [0.2, 0.25) is 0 Å². The first-order valence-corrected chi connectivity index (χ1v) is 9.62. The summed E-state index contributed by atoms with van der Waals surface area (Å²) in [6.07, 6.45) is 0. The Morgan fingerprint density at radius 1 is 0.931 bits per heavy atom.